The number of fused-ring (bicyclic) bond motifs is 8. The maximum atomic E-state index is 2.99. The molecule has 324 valence electrons. The van der Waals surface area contributed by atoms with Gasteiger partial charge in [-0.15, -0.1) is 23.8 Å². The molecular weight excluding hydrogens is 970 g/mol. The summed E-state index contributed by atoms with van der Waals surface area (Å²) in [5, 5.41) is 0. The van der Waals surface area contributed by atoms with E-state index in [9.17, 15) is 0 Å². The molecule has 4 aromatic carbocycles. The summed E-state index contributed by atoms with van der Waals surface area (Å²) >= 11 is -0.910. The molecule has 0 nitrogen and oxygen atoms in total. The van der Waals surface area contributed by atoms with Crippen molar-refractivity contribution in [2.45, 2.75) is 61.8 Å². The van der Waals surface area contributed by atoms with Crippen LogP contribution in [0, 0.1) is 56.3 Å². The Bertz CT molecular complexity index is 2470. The first kappa shape index (κ1) is 48.4. The molecule has 3 heteroatoms. The van der Waals surface area contributed by atoms with Crippen LogP contribution in [0.25, 0.3) is 22.3 Å². The molecule has 0 bridgehead atoms. The molecule has 10 rings (SSSR count). The van der Waals surface area contributed by atoms with Crippen LogP contribution >= 0.6 is 0 Å². The molecular formula is C60H62Cl2Hf-4. The molecule has 4 aromatic rings. The standard InChI is InChI=1S/C29H37.2C13H10.C5H5.2ClH.Hf/c1-21-14-13-15-22-20-27(6)25(4)18-10-9-16-23(25,2)24(3)17-11-12-19-26(24,5)29(27,8)28(21,22)7;2*1-11-7-9-13(10-8-11)12-5-3-2-4-6-12;1-2-4-5-3-1;;;/h9-20,22H,1-8H3;2*1-10H;1-3H,4H2;2*1H;/q-1;;;-1;;;/p-2. The maximum Gasteiger partial charge on any atom is -1.00 e. The minimum Gasteiger partial charge on any atom is -1.00 e. The Balaban J connectivity index is 0.000000184. The third-order valence-corrected chi connectivity index (χ3v) is 20.7. The molecule has 8 unspecified atom stereocenters. The molecule has 8 atom stereocenters. The summed E-state index contributed by atoms with van der Waals surface area (Å²) in [5.74, 6) is 0.460. The molecule has 6 aliphatic carbocycles. The zero-order valence-electron chi connectivity index (χ0n) is 38.2. The summed E-state index contributed by atoms with van der Waals surface area (Å²) < 4.78 is 4.92. The number of hydrogen-bond acceptors (Lipinski definition) is 0. The van der Waals surface area contributed by atoms with Crippen LogP contribution in [0.3, 0.4) is 0 Å². The second kappa shape index (κ2) is 18.8. The maximum absolute atomic E-state index is 2.99. The van der Waals surface area contributed by atoms with E-state index in [0.29, 0.717) is 5.92 Å². The van der Waals surface area contributed by atoms with Crippen molar-refractivity contribution in [3.63, 3.8) is 0 Å². The topological polar surface area (TPSA) is 0 Å². The largest absolute Gasteiger partial charge is 1.00 e. The van der Waals surface area contributed by atoms with E-state index in [2.05, 4.69) is 258 Å². The molecule has 0 amide bonds. The van der Waals surface area contributed by atoms with Gasteiger partial charge in [-0.3, -0.25) is 6.08 Å². The third-order valence-electron chi connectivity index (χ3n) is 17.2. The van der Waals surface area contributed by atoms with Gasteiger partial charge in [-0.05, 0) is 28.6 Å². The predicted molar refractivity (Wildman–Crippen MR) is 260 cm³/mol. The SMILES string of the molecule is CC1=CC=CC2[CH-]C3(C)C4(C)C=CC=CC4(C)C4(C)C=CC=CC4(C)C3(C)C12C.[C-]1=CC=CC1.[CH](=[Hf]=[CH]c1ccc(-c2ccccc2)cc1)c1ccc(-c2ccccc2)cc1.[Cl-].[Cl-]. The van der Waals surface area contributed by atoms with Gasteiger partial charge in [0.05, 0.1) is 0 Å². The van der Waals surface area contributed by atoms with Crippen molar-refractivity contribution in [2.24, 2.45) is 43.8 Å². The number of hydrogen-bond donors (Lipinski definition) is 0. The van der Waals surface area contributed by atoms with E-state index in [1.54, 1.807) is 0 Å². The summed E-state index contributed by atoms with van der Waals surface area (Å²) in [6.07, 6.45) is 39.3. The molecule has 63 heavy (non-hydrogen) atoms. The summed E-state index contributed by atoms with van der Waals surface area (Å²) in [4.78, 5) is 0. The van der Waals surface area contributed by atoms with Crippen molar-refractivity contribution in [2.75, 3.05) is 0 Å². The molecule has 0 spiro atoms. The van der Waals surface area contributed by atoms with Gasteiger partial charge in [0.25, 0.3) is 0 Å². The molecule has 0 aromatic heterocycles. The van der Waals surface area contributed by atoms with E-state index < -0.39 is 21.9 Å². The molecule has 0 heterocycles. The molecule has 6 aliphatic rings. The number of benzene rings is 4. The first-order valence-corrected chi connectivity index (χ1v) is 26.3. The molecule has 0 N–H and O–H groups in total. The third kappa shape index (κ3) is 7.57. The average Bonchev–Trinajstić information content (AvgIpc) is 3.94. The molecule has 0 radical (unpaired) electrons. The molecule has 2 fully saturated rings. The Kier molecular flexibility index (Phi) is 14.5. The van der Waals surface area contributed by atoms with Gasteiger partial charge in [0.1, 0.15) is 0 Å². The number of allylic oxidation sites excluding steroid dienone is 16. The fourth-order valence-electron chi connectivity index (χ4n) is 12.6. The zero-order valence-corrected chi connectivity index (χ0v) is 43.4. The first-order valence-electron chi connectivity index (χ1n) is 22.2. The monoisotopic (exact) mass is 1030 g/mol. The summed E-state index contributed by atoms with van der Waals surface area (Å²) in [5.41, 5.74) is 9.53. The van der Waals surface area contributed by atoms with E-state index in [-0.39, 0.29) is 62.7 Å². The van der Waals surface area contributed by atoms with E-state index >= 15 is 0 Å². The van der Waals surface area contributed by atoms with E-state index in [0.717, 1.165) is 6.42 Å². The van der Waals surface area contributed by atoms with Crippen LogP contribution in [0.15, 0.2) is 200 Å². The van der Waals surface area contributed by atoms with Crippen molar-refractivity contribution < 1.29 is 46.8 Å². The first-order chi connectivity index (χ1) is 29.3. The van der Waals surface area contributed by atoms with Gasteiger partial charge in [-0.2, -0.15) is 6.08 Å². The number of rotatable bonds is 4. The van der Waals surface area contributed by atoms with Crippen LogP contribution in [0.4, 0.5) is 0 Å². The minimum absolute atomic E-state index is 0. The molecule has 2 saturated carbocycles. The van der Waals surface area contributed by atoms with Crippen molar-refractivity contribution in [3.05, 3.63) is 223 Å². The average molecular weight is 1030 g/mol. The van der Waals surface area contributed by atoms with Crippen LogP contribution < -0.4 is 24.8 Å². The zero-order chi connectivity index (χ0) is 43.0. The van der Waals surface area contributed by atoms with Gasteiger partial charge in [-0.25, -0.2) is 12.2 Å². The Morgan fingerprint density at radius 3 is 1.43 bits per heavy atom. The summed E-state index contributed by atoms with van der Waals surface area (Å²) in [6, 6.07) is 38.9. The minimum atomic E-state index is -0.910. The number of halogens is 2. The van der Waals surface area contributed by atoms with E-state index in [4.69, 9.17) is 0 Å². The quantitative estimate of drug-likeness (QED) is 0.142. The van der Waals surface area contributed by atoms with Crippen molar-refractivity contribution in [1.29, 1.82) is 0 Å². The Labute approximate surface area is 402 Å². The van der Waals surface area contributed by atoms with Gasteiger partial charge in [0.2, 0.25) is 0 Å². The smallest absolute Gasteiger partial charge is 1.00 e. The van der Waals surface area contributed by atoms with Crippen molar-refractivity contribution >= 4 is 7.52 Å². The predicted octanol–water partition coefficient (Wildman–Crippen LogP) is 9.06. The van der Waals surface area contributed by atoms with Gasteiger partial charge in [0.15, 0.2) is 0 Å². The Hall–Kier alpha value is -4.01. The Morgan fingerprint density at radius 2 is 0.984 bits per heavy atom. The van der Waals surface area contributed by atoms with E-state index in [1.165, 1.54) is 39.0 Å². The fraction of sp³-hybridized carbons (Fsp3) is 0.283. The van der Waals surface area contributed by atoms with Crippen molar-refractivity contribution in [1.82, 2.24) is 0 Å². The van der Waals surface area contributed by atoms with Crippen LogP contribution in [0.2, 0.25) is 0 Å². The second-order valence-electron chi connectivity index (χ2n) is 19.1. The van der Waals surface area contributed by atoms with Gasteiger partial charge in [-0.1, -0.05) is 115 Å². The van der Waals surface area contributed by atoms with Gasteiger partial charge in [0, 0.05) is 10.8 Å². The van der Waals surface area contributed by atoms with Crippen molar-refractivity contribution in [3.8, 4) is 22.3 Å². The fourth-order valence-corrected chi connectivity index (χ4v) is 15.7. The second-order valence-corrected chi connectivity index (χ2v) is 22.4. The van der Waals surface area contributed by atoms with E-state index in [1.807, 2.05) is 12.2 Å². The van der Waals surface area contributed by atoms with Gasteiger partial charge >= 0.3 is 172 Å². The van der Waals surface area contributed by atoms with Crippen LogP contribution in [-0.2, 0) is 21.9 Å². The summed E-state index contributed by atoms with van der Waals surface area (Å²) in [6.45, 7) is 20.3. The normalized spacial score (nSPS) is 32.9. The summed E-state index contributed by atoms with van der Waals surface area (Å²) in [7, 11) is 0. The van der Waals surface area contributed by atoms with Crippen LogP contribution in [0.1, 0.15) is 72.9 Å². The van der Waals surface area contributed by atoms with Crippen LogP contribution in [-0.4, -0.2) is 7.52 Å². The Morgan fingerprint density at radius 1 is 0.540 bits per heavy atom. The molecule has 0 saturated heterocycles. The van der Waals surface area contributed by atoms with Crippen LogP contribution in [0.5, 0.6) is 0 Å². The van der Waals surface area contributed by atoms with Gasteiger partial charge < -0.3 is 31.2 Å². The molecule has 0 aliphatic heterocycles.